The SMILES string of the molecule is CC(=O)Nc1ccc(NCc2cc(Cl)ccc2OCc2c(Cl)cccc2Cl)cc1. The van der Waals surface area contributed by atoms with Gasteiger partial charge in [0.15, 0.2) is 0 Å². The number of carbonyl (C=O) groups is 1. The average Bonchev–Trinajstić information content (AvgIpc) is 2.68. The monoisotopic (exact) mass is 448 g/mol. The third-order valence-electron chi connectivity index (χ3n) is 4.14. The van der Waals surface area contributed by atoms with Crippen molar-refractivity contribution >= 4 is 52.1 Å². The number of amides is 1. The predicted octanol–water partition coefficient (Wildman–Crippen LogP) is 6.80. The van der Waals surface area contributed by atoms with E-state index in [-0.39, 0.29) is 12.5 Å². The molecule has 0 aromatic heterocycles. The Morgan fingerprint density at radius 1 is 0.931 bits per heavy atom. The molecule has 0 heterocycles. The van der Waals surface area contributed by atoms with E-state index in [1.807, 2.05) is 36.4 Å². The van der Waals surface area contributed by atoms with Crippen molar-refractivity contribution in [2.24, 2.45) is 0 Å². The summed E-state index contributed by atoms with van der Waals surface area (Å²) in [4.78, 5) is 11.1. The Morgan fingerprint density at radius 3 is 2.24 bits per heavy atom. The number of rotatable bonds is 7. The molecule has 0 aliphatic rings. The number of ether oxygens (including phenoxy) is 1. The van der Waals surface area contributed by atoms with E-state index in [0.29, 0.717) is 27.4 Å². The lowest BCUT2D eigenvalue weighted by molar-refractivity contribution is -0.114. The van der Waals surface area contributed by atoms with Crippen LogP contribution >= 0.6 is 34.8 Å². The topological polar surface area (TPSA) is 50.4 Å². The first kappa shape index (κ1) is 21.3. The third kappa shape index (κ3) is 6.04. The molecular formula is C22H19Cl3N2O2. The zero-order valence-electron chi connectivity index (χ0n) is 15.6. The zero-order valence-corrected chi connectivity index (χ0v) is 17.9. The molecule has 7 heteroatoms. The highest BCUT2D eigenvalue weighted by molar-refractivity contribution is 6.36. The first-order valence-electron chi connectivity index (χ1n) is 8.88. The van der Waals surface area contributed by atoms with E-state index >= 15 is 0 Å². The van der Waals surface area contributed by atoms with Gasteiger partial charge in [0, 0.05) is 51.0 Å². The van der Waals surface area contributed by atoms with Crippen molar-refractivity contribution in [2.75, 3.05) is 10.6 Å². The van der Waals surface area contributed by atoms with Crippen molar-refractivity contribution in [1.29, 1.82) is 0 Å². The number of carbonyl (C=O) groups excluding carboxylic acids is 1. The van der Waals surface area contributed by atoms with Crippen LogP contribution in [0.2, 0.25) is 15.1 Å². The summed E-state index contributed by atoms with van der Waals surface area (Å²) in [6, 6.07) is 18.2. The molecule has 2 N–H and O–H groups in total. The standard InChI is InChI=1S/C22H19Cl3N2O2/c1-14(28)27-18-8-6-17(7-9-18)26-12-15-11-16(23)5-10-22(15)29-13-19-20(24)3-2-4-21(19)25/h2-11,26H,12-13H2,1H3,(H,27,28). The highest BCUT2D eigenvalue weighted by Crippen LogP contribution is 2.29. The minimum atomic E-state index is -0.106. The maximum atomic E-state index is 11.1. The second kappa shape index (κ2) is 9.88. The maximum absolute atomic E-state index is 11.1. The second-order valence-corrected chi connectivity index (χ2v) is 7.60. The van der Waals surface area contributed by atoms with Gasteiger partial charge in [0.2, 0.25) is 5.91 Å². The number of hydrogen-bond donors (Lipinski definition) is 2. The summed E-state index contributed by atoms with van der Waals surface area (Å²) in [5.74, 6) is 0.581. The van der Waals surface area contributed by atoms with Gasteiger partial charge in [-0.3, -0.25) is 4.79 Å². The van der Waals surface area contributed by atoms with Gasteiger partial charge in [0.05, 0.1) is 0 Å². The molecule has 150 valence electrons. The Bertz CT molecular complexity index is 987. The Morgan fingerprint density at radius 2 is 1.59 bits per heavy atom. The number of halogens is 3. The van der Waals surface area contributed by atoms with Gasteiger partial charge in [-0.1, -0.05) is 40.9 Å². The molecule has 1 amide bonds. The highest BCUT2D eigenvalue weighted by atomic mass is 35.5. The van der Waals surface area contributed by atoms with Crippen LogP contribution in [-0.4, -0.2) is 5.91 Å². The maximum Gasteiger partial charge on any atom is 0.221 e. The van der Waals surface area contributed by atoms with E-state index in [9.17, 15) is 4.79 Å². The summed E-state index contributed by atoms with van der Waals surface area (Å²) in [5, 5.41) is 7.80. The second-order valence-electron chi connectivity index (χ2n) is 6.35. The molecule has 3 aromatic carbocycles. The smallest absolute Gasteiger partial charge is 0.221 e. The molecule has 0 atom stereocenters. The number of nitrogens with one attached hydrogen (secondary N) is 2. The number of anilines is 2. The van der Waals surface area contributed by atoms with Gasteiger partial charge in [-0.05, 0) is 54.6 Å². The van der Waals surface area contributed by atoms with Gasteiger partial charge in [-0.2, -0.15) is 0 Å². The predicted molar refractivity (Wildman–Crippen MR) is 120 cm³/mol. The molecule has 0 aliphatic heterocycles. The molecule has 0 unspecified atom stereocenters. The van der Waals surface area contributed by atoms with Gasteiger partial charge in [0.1, 0.15) is 12.4 Å². The van der Waals surface area contributed by atoms with Gasteiger partial charge < -0.3 is 15.4 Å². The van der Waals surface area contributed by atoms with Gasteiger partial charge in [-0.25, -0.2) is 0 Å². The largest absolute Gasteiger partial charge is 0.488 e. The van der Waals surface area contributed by atoms with Crippen LogP contribution in [0.3, 0.4) is 0 Å². The van der Waals surface area contributed by atoms with Crippen LogP contribution in [-0.2, 0) is 17.9 Å². The lowest BCUT2D eigenvalue weighted by Crippen LogP contribution is -2.06. The van der Waals surface area contributed by atoms with E-state index in [1.54, 1.807) is 24.3 Å². The van der Waals surface area contributed by atoms with E-state index < -0.39 is 0 Å². The average molecular weight is 450 g/mol. The van der Waals surface area contributed by atoms with Crippen LogP contribution in [0.1, 0.15) is 18.1 Å². The van der Waals surface area contributed by atoms with Crippen LogP contribution < -0.4 is 15.4 Å². The minimum absolute atomic E-state index is 0.106. The van der Waals surface area contributed by atoms with E-state index in [4.69, 9.17) is 39.5 Å². The molecule has 3 rings (SSSR count). The van der Waals surface area contributed by atoms with Crippen LogP contribution in [0, 0.1) is 0 Å². The number of benzene rings is 3. The van der Waals surface area contributed by atoms with Crippen LogP contribution in [0.5, 0.6) is 5.75 Å². The Balaban J connectivity index is 1.69. The molecule has 4 nitrogen and oxygen atoms in total. The molecule has 3 aromatic rings. The Labute approximate surface area is 184 Å². The van der Waals surface area contributed by atoms with Crippen molar-refractivity contribution < 1.29 is 9.53 Å². The molecule has 29 heavy (non-hydrogen) atoms. The lowest BCUT2D eigenvalue weighted by atomic mass is 10.2. The molecule has 0 radical (unpaired) electrons. The van der Waals surface area contributed by atoms with E-state index in [2.05, 4.69) is 10.6 Å². The fourth-order valence-electron chi connectivity index (χ4n) is 2.72. The summed E-state index contributed by atoms with van der Waals surface area (Å²) in [6.45, 7) is 2.23. The van der Waals surface area contributed by atoms with E-state index in [1.165, 1.54) is 6.92 Å². The Hall–Kier alpha value is -2.40. The Kier molecular flexibility index (Phi) is 7.26. The van der Waals surface area contributed by atoms with Crippen LogP contribution in [0.15, 0.2) is 60.7 Å². The van der Waals surface area contributed by atoms with Crippen molar-refractivity contribution in [1.82, 2.24) is 0 Å². The molecule has 0 fully saturated rings. The molecule has 0 aliphatic carbocycles. The van der Waals surface area contributed by atoms with Crippen molar-refractivity contribution in [3.8, 4) is 5.75 Å². The van der Waals surface area contributed by atoms with Crippen LogP contribution in [0.4, 0.5) is 11.4 Å². The fourth-order valence-corrected chi connectivity index (χ4v) is 3.42. The summed E-state index contributed by atoms with van der Waals surface area (Å²) in [7, 11) is 0. The molecular weight excluding hydrogens is 431 g/mol. The number of hydrogen-bond acceptors (Lipinski definition) is 3. The fraction of sp³-hybridized carbons (Fsp3) is 0.136. The molecule has 0 saturated carbocycles. The van der Waals surface area contributed by atoms with Crippen LogP contribution in [0.25, 0.3) is 0 Å². The normalized spacial score (nSPS) is 10.5. The van der Waals surface area contributed by atoms with Gasteiger partial charge >= 0.3 is 0 Å². The molecule has 0 spiro atoms. The van der Waals surface area contributed by atoms with Crippen molar-refractivity contribution in [3.63, 3.8) is 0 Å². The highest BCUT2D eigenvalue weighted by Gasteiger charge is 2.10. The quantitative estimate of drug-likeness (QED) is 0.417. The zero-order chi connectivity index (χ0) is 20.8. The molecule has 0 bridgehead atoms. The summed E-state index contributed by atoms with van der Waals surface area (Å²) in [6.07, 6.45) is 0. The summed E-state index contributed by atoms with van der Waals surface area (Å²) >= 11 is 18.6. The van der Waals surface area contributed by atoms with Crippen molar-refractivity contribution in [2.45, 2.75) is 20.1 Å². The summed E-state index contributed by atoms with van der Waals surface area (Å²) < 4.78 is 5.98. The van der Waals surface area contributed by atoms with E-state index in [0.717, 1.165) is 22.5 Å². The van der Waals surface area contributed by atoms with Gasteiger partial charge in [0.25, 0.3) is 0 Å². The van der Waals surface area contributed by atoms with Crippen molar-refractivity contribution in [3.05, 3.63) is 86.9 Å². The first-order chi connectivity index (χ1) is 13.9. The first-order valence-corrected chi connectivity index (χ1v) is 10.0. The van der Waals surface area contributed by atoms with Gasteiger partial charge in [-0.15, -0.1) is 0 Å². The minimum Gasteiger partial charge on any atom is -0.488 e. The lowest BCUT2D eigenvalue weighted by Gasteiger charge is -2.15. The third-order valence-corrected chi connectivity index (χ3v) is 5.09. The summed E-state index contributed by atoms with van der Waals surface area (Å²) in [5.41, 5.74) is 3.27. The molecule has 0 saturated heterocycles.